The Kier molecular flexibility index (Phi) is 6.26. The Morgan fingerprint density at radius 2 is 1.77 bits per heavy atom. The average Bonchev–Trinajstić information content (AvgIpc) is 2.98. The maximum atomic E-state index is 12.9. The van der Waals surface area contributed by atoms with E-state index in [-0.39, 0.29) is 13.0 Å². The number of nitrogens with one attached hydrogen (secondary N) is 1. The van der Waals surface area contributed by atoms with Gasteiger partial charge in [-0.05, 0) is 36.4 Å². The summed E-state index contributed by atoms with van der Waals surface area (Å²) >= 11 is 0. The fourth-order valence-electron chi connectivity index (χ4n) is 3.19. The fourth-order valence-corrected chi connectivity index (χ4v) is 3.19. The van der Waals surface area contributed by atoms with E-state index in [1.807, 2.05) is 0 Å². The van der Waals surface area contributed by atoms with Crippen molar-refractivity contribution in [3.8, 4) is 0 Å². The van der Waals surface area contributed by atoms with Crippen LogP contribution < -0.4 is 10.2 Å². The van der Waals surface area contributed by atoms with Gasteiger partial charge in [0.2, 0.25) is 5.91 Å². The van der Waals surface area contributed by atoms with Crippen molar-refractivity contribution in [2.24, 2.45) is 0 Å². The molecule has 1 aliphatic heterocycles. The first-order valence-corrected chi connectivity index (χ1v) is 9.25. The maximum absolute atomic E-state index is 12.9. The van der Waals surface area contributed by atoms with E-state index in [0.717, 1.165) is 4.90 Å². The van der Waals surface area contributed by atoms with E-state index in [0.29, 0.717) is 16.9 Å². The lowest BCUT2D eigenvalue weighted by atomic mass is 10.1. The average molecular weight is 407 g/mol. The van der Waals surface area contributed by atoms with Gasteiger partial charge in [0.1, 0.15) is 6.04 Å². The minimum Gasteiger partial charge on any atom is -0.465 e. The molecule has 1 atom stereocenters. The second kappa shape index (κ2) is 9.04. The van der Waals surface area contributed by atoms with Crippen molar-refractivity contribution in [1.82, 2.24) is 4.90 Å². The number of hydrogen-bond donors (Lipinski definition) is 1. The smallest absolute Gasteiger partial charge is 0.337 e. The zero-order valence-electron chi connectivity index (χ0n) is 16.4. The molecule has 2 aromatic rings. The molecule has 0 bridgehead atoms. The van der Waals surface area contributed by atoms with Gasteiger partial charge < -0.3 is 15.0 Å². The molecule has 3 rings (SSSR count). The van der Waals surface area contributed by atoms with Crippen molar-refractivity contribution in [1.29, 1.82) is 0 Å². The summed E-state index contributed by atoms with van der Waals surface area (Å²) < 4.78 is 4.64. The molecule has 1 aliphatic rings. The second-order valence-electron chi connectivity index (χ2n) is 6.57. The van der Waals surface area contributed by atoms with Gasteiger partial charge in [-0.25, -0.2) is 14.5 Å². The van der Waals surface area contributed by atoms with E-state index < -0.39 is 29.9 Å². The molecule has 2 aromatic carbocycles. The van der Waals surface area contributed by atoms with E-state index >= 15 is 0 Å². The number of methoxy groups -OCH3 is 1. The van der Waals surface area contributed by atoms with Crippen molar-refractivity contribution in [3.05, 3.63) is 72.8 Å². The van der Waals surface area contributed by atoms with Crippen molar-refractivity contribution in [3.63, 3.8) is 0 Å². The van der Waals surface area contributed by atoms with Crippen LogP contribution in [0.1, 0.15) is 16.8 Å². The van der Waals surface area contributed by atoms with Gasteiger partial charge in [0.05, 0.1) is 24.8 Å². The summed E-state index contributed by atoms with van der Waals surface area (Å²) in [6.45, 7) is 3.77. The highest BCUT2D eigenvalue weighted by Gasteiger charge is 2.46. The first-order chi connectivity index (χ1) is 14.5. The maximum Gasteiger partial charge on any atom is 0.337 e. The van der Waals surface area contributed by atoms with Gasteiger partial charge in [0, 0.05) is 12.2 Å². The number of imide groups is 1. The number of para-hydroxylation sites is 1. The van der Waals surface area contributed by atoms with Crippen molar-refractivity contribution < 1.29 is 23.9 Å². The first kappa shape index (κ1) is 20.8. The molecule has 0 unspecified atom stereocenters. The van der Waals surface area contributed by atoms with E-state index in [1.165, 1.54) is 30.2 Å². The summed E-state index contributed by atoms with van der Waals surface area (Å²) in [7, 11) is 1.28. The molecular formula is C22H21N3O5. The molecule has 154 valence electrons. The molecule has 1 saturated heterocycles. The molecule has 0 spiro atoms. The van der Waals surface area contributed by atoms with Gasteiger partial charge in [-0.3, -0.25) is 9.59 Å². The zero-order chi connectivity index (χ0) is 21.7. The van der Waals surface area contributed by atoms with Gasteiger partial charge in [0.25, 0.3) is 5.91 Å². The zero-order valence-corrected chi connectivity index (χ0v) is 16.4. The van der Waals surface area contributed by atoms with Crippen LogP contribution in [0.5, 0.6) is 0 Å². The third-order valence-electron chi connectivity index (χ3n) is 4.63. The van der Waals surface area contributed by atoms with Gasteiger partial charge in [-0.2, -0.15) is 0 Å². The Hall–Kier alpha value is -3.94. The van der Waals surface area contributed by atoms with Crippen molar-refractivity contribution >= 4 is 35.2 Å². The summed E-state index contributed by atoms with van der Waals surface area (Å²) in [4.78, 5) is 52.2. The molecule has 8 heteroatoms. The van der Waals surface area contributed by atoms with Crippen LogP contribution in [-0.4, -0.2) is 48.4 Å². The number of benzene rings is 2. The number of carbonyl (C=O) groups is 4. The summed E-state index contributed by atoms with van der Waals surface area (Å²) in [5, 5.41) is 2.68. The van der Waals surface area contributed by atoms with Crippen LogP contribution in [0.4, 0.5) is 16.2 Å². The Morgan fingerprint density at radius 3 is 2.37 bits per heavy atom. The quantitative estimate of drug-likeness (QED) is 0.433. The van der Waals surface area contributed by atoms with E-state index in [2.05, 4.69) is 16.6 Å². The standard InChI is InChI=1S/C22H21N3O5/c1-3-13-24-18(20(27)25(22(24)29)17-7-5-4-6-8-17)14-19(26)23-16-11-9-15(10-12-16)21(28)30-2/h3-12,18H,1,13-14H2,2H3,(H,23,26)/t18-/m0/s1. The summed E-state index contributed by atoms with van der Waals surface area (Å²) in [5.74, 6) is -1.39. The van der Waals surface area contributed by atoms with Crippen LogP contribution in [0, 0.1) is 0 Å². The number of urea groups is 1. The molecular weight excluding hydrogens is 386 g/mol. The van der Waals surface area contributed by atoms with Crippen LogP contribution >= 0.6 is 0 Å². The van der Waals surface area contributed by atoms with Crippen LogP contribution in [0.15, 0.2) is 67.3 Å². The third kappa shape index (κ3) is 4.22. The summed E-state index contributed by atoms with van der Waals surface area (Å²) in [6, 6.07) is 13.3. The number of rotatable bonds is 7. The first-order valence-electron chi connectivity index (χ1n) is 9.25. The number of anilines is 2. The van der Waals surface area contributed by atoms with Gasteiger partial charge in [-0.15, -0.1) is 6.58 Å². The highest BCUT2D eigenvalue weighted by Crippen LogP contribution is 2.27. The lowest BCUT2D eigenvalue weighted by Crippen LogP contribution is -2.38. The van der Waals surface area contributed by atoms with Crippen LogP contribution in [0.3, 0.4) is 0 Å². The Morgan fingerprint density at radius 1 is 1.10 bits per heavy atom. The molecule has 30 heavy (non-hydrogen) atoms. The van der Waals surface area contributed by atoms with E-state index in [9.17, 15) is 19.2 Å². The molecule has 0 radical (unpaired) electrons. The van der Waals surface area contributed by atoms with E-state index in [1.54, 1.807) is 42.5 Å². The molecule has 0 aromatic heterocycles. The van der Waals surface area contributed by atoms with Crippen LogP contribution in [-0.2, 0) is 14.3 Å². The van der Waals surface area contributed by atoms with Crippen LogP contribution in [0.2, 0.25) is 0 Å². The largest absolute Gasteiger partial charge is 0.465 e. The number of carbonyl (C=O) groups excluding carboxylic acids is 4. The lowest BCUT2D eigenvalue weighted by Gasteiger charge is -2.19. The summed E-state index contributed by atoms with van der Waals surface area (Å²) in [6.07, 6.45) is 1.30. The van der Waals surface area contributed by atoms with Gasteiger partial charge in [-0.1, -0.05) is 24.3 Å². The molecule has 0 saturated carbocycles. The topological polar surface area (TPSA) is 96.0 Å². The van der Waals surface area contributed by atoms with Crippen molar-refractivity contribution in [2.75, 3.05) is 23.9 Å². The van der Waals surface area contributed by atoms with Gasteiger partial charge in [0.15, 0.2) is 0 Å². The Labute approximate surface area is 173 Å². The predicted octanol–water partition coefficient (Wildman–Crippen LogP) is 2.83. The highest BCUT2D eigenvalue weighted by atomic mass is 16.5. The molecule has 8 nitrogen and oxygen atoms in total. The number of ether oxygens (including phenoxy) is 1. The molecule has 1 fully saturated rings. The monoisotopic (exact) mass is 407 g/mol. The number of hydrogen-bond acceptors (Lipinski definition) is 5. The second-order valence-corrected chi connectivity index (χ2v) is 6.57. The molecule has 0 aliphatic carbocycles. The fraction of sp³-hybridized carbons (Fsp3) is 0.182. The minimum atomic E-state index is -0.940. The molecule has 1 heterocycles. The predicted molar refractivity (Wildman–Crippen MR) is 111 cm³/mol. The Balaban J connectivity index is 1.74. The van der Waals surface area contributed by atoms with Crippen molar-refractivity contribution in [2.45, 2.75) is 12.5 Å². The Bertz CT molecular complexity index is 972. The number of nitrogens with zero attached hydrogens (tertiary/aromatic N) is 2. The van der Waals surface area contributed by atoms with E-state index in [4.69, 9.17) is 0 Å². The minimum absolute atomic E-state index is 0.139. The molecule has 4 amide bonds. The lowest BCUT2D eigenvalue weighted by molar-refractivity contribution is -0.124. The van der Waals surface area contributed by atoms with Gasteiger partial charge >= 0.3 is 12.0 Å². The highest BCUT2D eigenvalue weighted by molar-refractivity contribution is 6.22. The number of amides is 4. The van der Waals surface area contributed by atoms with Crippen LogP contribution in [0.25, 0.3) is 0 Å². The third-order valence-corrected chi connectivity index (χ3v) is 4.63. The number of esters is 1. The normalized spacial score (nSPS) is 15.8. The SMILES string of the molecule is C=CCN1C(=O)N(c2ccccc2)C(=O)[C@@H]1CC(=O)Nc1ccc(C(=O)OC)cc1. The molecule has 1 N–H and O–H groups in total. The summed E-state index contributed by atoms with van der Waals surface area (Å²) in [5.41, 5.74) is 1.25.